The van der Waals surface area contributed by atoms with Gasteiger partial charge in [-0.15, -0.1) is 0 Å². The summed E-state index contributed by atoms with van der Waals surface area (Å²) in [7, 11) is -4.32. The average molecular weight is 242 g/mol. The summed E-state index contributed by atoms with van der Waals surface area (Å²) in [5, 5.41) is 18.1. The van der Waals surface area contributed by atoms with Gasteiger partial charge in [-0.3, -0.25) is 0 Å². The molecule has 2 atom stereocenters. The van der Waals surface area contributed by atoms with Gasteiger partial charge in [-0.1, -0.05) is 26.7 Å². The van der Waals surface area contributed by atoms with Crippen LogP contribution in [0.15, 0.2) is 0 Å². The Bertz CT molecular complexity index is 230. The maximum absolute atomic E-state index is 11.0. The SMILES string of the molecule is CCCC(O)OS(=O)(=O)OC(O)CCC. The molecule has 92 valence electrons. The maximum Gasteiger partial charge on any atom is 0.404 e. The monoisotopic (exact) mass is 242 g/mol. The van der Waals surface area contributed by atoms with Crippen molar-refractivity contribution in [1.29, 1.82) is 0 Å². The van der Waals surface area contributed by atoms with E-state index in [1.165, 1.54) is 0 Å². The lowest BCUT2D eigenvalue weighted by molar-refractivity contribution is -0.0648. The van der Waals surface area contributed by atoms with Crippen LogP contribution in [0, 0.1) is 0 Å². The van der Waals surface area contributed by atoms with Gasteiger partial charge in [-0.05, 0) is 12.8 Å². The first-order chi connectivity index (χ1) is 6.91. The third kappa shape index (κ3) is 7.69. The van der Waals surface area contributed by atoms with Gasteiger partial charge >= 0.3 is 10.4 Å². The minimum absolute atomic E-state index is 0.187. The topological polar surface area (TPSA) is 93.1 Å². The van der Waals surface area contributed by atoms with Crippen molar-refractivity contribution < 1.29 is 27.0 Å². The van der Waals surface area contributed by atoms with Crippen molar-refractivity contribution in [3.05, 3.63) is 0 Å². The maximum atomic E-state index is 11.0. The van der Waals surface area contributed by atoms with Crippen LogP contribution >= 0.6 is 0 Å². The van der Waals surface area contributed by atoms with E-state index in [4.69, 9.17) is 10.2 Å². The van der Waals surface area contributed by atoms with Gasteiger partial charge in [-0.2, -0.15) is 8.42 Å². The largest absolute Gasteiger partial charge is 0.404 e. The van der Waals surface area contributed by atoms with E-state index >= 15 is 0 Å². The molecule has 2 N–H and O–H groups in total. The van der Waals surface area contributed by atoms with Crippen LogP contribution in [-0.4, -0.2) is 31.2 Å². The molecule has 0 aliphatic carbocycles. The summed E-state index contributed by atoms with van der Waals surface area (Å²) in [6.45, 7) is 3.54. The van der Waals surface area contributed by atoms with Gasteiger partial charge < -0.3 is 10.2 Å². The lowest BCUT2D eigenvalue weighted by Gasteiger charge is -2.13. The smallest absolute Gasteiger partial charge is 0.367 e. The molecule has 0 amide bonds. The predicted octanol–water partition coefficient (Wildman–Crippen LogP) is 0.501. The minimum Gasteiger partial charge on any atom is -0.367 e. The fourth-order valence-electron chi connectivity index (χ4n) is 0.885. The zero-order chi connectivity index (χ0) is 11.9. The number of rotatable bonds is 8. The molecule has 0 spiro atoms. The van der Waals surface area contributed by atoms with Gasteiger partial charge in [0.2, 0.25) is 0 Å². The molecule has 0 fully saturated rings. The average Bonchev–Trinajstić information content (AvgIpc) is 2.01. The molecular formula is C8H18O6S. The normalized spacial score (nSPS) is 16.3. The van der Waals surface area contributed by atoms with Crippen LogP contribution in [0.4, 0.5) is 0 Å². The van der Waals surface area contributed by atoms with Crippen LogP contribution in [0.3, 0.4) is 0 Å². The predicted molar refractivity (Wildman–Crippen MR) is 52.9 cm³/mol. The zero-order valence-electron chi connectivity index (χ0n) is 8.92. The van der Waals surface area contributed by atoms with E-state index in [1.54, 1.807) is 13.8 Å². The molecule has 2 unspecified atom stereocenters. The van der Waals surface area contributed by atoms with Crippen molar-refractivity contribution in [2.45, 2.75) is 52.1 Å². The van der Waals surface area contributed by atoms with E-state index < -0.39 is 23.0 Å². The third-order valence-corrected chi connectivity index (χ3v) is 2.44. The van der Waals surface area contributed by atoms with E-state index in [0.29, 0.717) is 12.8 Å². The molecule has 0 saturated carbocycles. The molecule has 0 aromatic heterocycles. The highest BCUT2D eigenvalue weighted by Gasteiger charge is 2.21. The summed E-state index contributed by atoms with van der Waals surface area (Å²) in [6.07, 6.45) is -1.32. The molecule has 0 aromatic rings. The Labute approximate surface area is 90.2 Å². The van der Waals surface area contributed by atoms with E-state index in [1.807, 2.05) is 0 Å². The Morgan fingerprint density at radius 3 is 1.60 bits per heavy atom. The Morgan fingerprint density at radius 2 is 1.33 bits per heavy atom. The van der Waals surface area contributed by atoms with Crippen molar-refractivity contribution in [3.63, 3.8) is 0 Å². The molecule has 0 bridgehead atoms. The first kappa shape index (κ1) is 14.8. The van der Waals surface area contributed by atoms with Gasteiger partial charge in [0.15, 0.2) is 12.6 Å². The third-order valence-electron chi connectivity index (χ3n) is 1.53. The molecule has 0 saturated heterocycles. The van der Waals surface area contributed by atoms with Crippen molar-refractivity contribution in [2.24, 2.45) is 0 Å². The fraction of sp³-hybridized carbons (Fsp3) is 1.00. The highest BCUT2D eigenvalue weighted by atomic mass is 32.3. The Morgan fingerprint density at radius 1 is 1.00 bits per heavy atom. The van der Waals surface area contributed by atoms with Crippen LogP contribution in [0.25, 0.3) is 0 Å². The molecular weight excluding hydrogens is 224 g/mol. The molecule has 15 heavy (non-hydrogen) atoms. The highest BCUT2D eigenvalue weighted by molar-refractivity contribution is 7.81. The number of aliphatic hydroxyl groups is 2. The molecule has 0 heterocycles. The van der Waals surface area contributed by atoms with Crippen molar-refractivity contribution in [3.8, 4) is 0 Å². The summed E-state index contributed by atoms with van der Waals surface area (Å²) in [4.78, 5) is 0. The van der Waals surface area contributed by atoms with Crippen LogP contribution < -0.4 is 0 Å². The van der Waals surface area contributed by atoms with E-state index in [2.05, 4.69) is 8.37 Å². The molecule has 0 rings (SSSR count). The van der Waals surface area contributed by atoms with Gasteiger partial charge in [-0.25, -0.2) is 8.37 Å². The summed E-state index contributed by atoms with van der Waals surface area (Å²) in [5.74, 6) is 0. The van der Waals surface area contributed by atoms with Crippen LogP contribution in [0.2, 0.25) is 0 Å². The Kier molecular flexibility index (Phi) is 7.03. The van der Waals surface area contributed by atoms with Crippen molar-refractivity contribution >= 4 is 10.4 Å². The van der Waals surface area contributed by atoms with Gasteiger partial charge in [0.1, 0.15) is 0 Å². The summed E-state index contributed by atoms with van der Waals surface area (Å²) < 4.78 is 30.6. The number of hydrogen-bond donors (Lipinski definition) is 2. The first-order valence-electron chi connectivity index (χ1n) is 4.89. The number of aliphatic hydroxyl groups excluding tert-OH is 2. The lowest BCUT2D eigenvalue weighted by Crippen LogP contribution is -2.24. The van der Waals surface area contributed by atoms with Crippen molar-refractivity contribution in [2.75, 3.05) is 0 Å². The van der Waals surface area contributed by atoms with Crippen LogP contribution in [0.1, 0.15) is 39.5 Å². The minimum atomic E-state index is -4.32. The first-order valence-corrected chi connectivity index (χ1v) is 6.22. The molecule has 7 heteroatoms. The van der Waals surface area contributed by atoms with Crippen LogP contribution in [0.5, 0.6) is 0 Å². The van der Waals surface area contributed by atoms with Gasteiger partial charge in [0, 0.05) is 0 Å². The summed E-state index contributed by atoms with van der Waals surface area (Å²) >= 11 is 0. The molecule has 0 aliphatic heterocycles. The second-order valence-corrected chi connectivity index (χ2v) is 4.29. The standard InChI is InChI=1S/C8H18O6S/c1-3-5-7(9)13-15(11,12)14-8(10)6-4-2/h7-10H,3-6H2,1-2H3. The van der Waals surface area contributed by atoms with Crippen LogP contribution in [-0.2, 0) is 18.8 Å². The number of hydrogen-bond acceptors (Lipinski definition) is 6. The molecule has 6 nitrogen and oxygen atoms in total. The zero-order valence-corrected chi connectivity index (χ0v) is 9.74. The van der Waals surface area contributed by atoms with E-state index in [-0.39, 0.29) is 12.8 Å². The highest BCUT2D eigenvalue weighted by Crippen LogP contribution is 2.09. The summed E-state index contributed by atoms with van der Waals surface area (Å²) in [5.41, 5.74) is 0. The van der Waals surface area contributed by atoms with Crippen molar-refractivity contribution in [1.82, 2.24) is 0 Å². The second-order valence-electron chi connectivity index (χ2n) is 3.09. The van der Waals surface area contributed by atoms with Gasteiger partial charge in [0.05, 0.1) is 0 Å². The molecule has 0 aliphatic rings. The lowest BCUT2D eigenvalue weighted by atomic mass is 10.3. The van der Waals surface area contributed by atoms with Gasteiger partial charge in [0.25, 0.3) is 0 Å². The summed E-state index contributed by atoms with van der Waals surface area (Å²) in [6, 6.07) is 0. The molecule has 0 aromatic carbocycles. The van der Waals surface area contributed by atoms with E-state index in [9.17, 15) is 8.42 Å². The fourth-order valence-corrected chi connectivity index (χ4v) is 1.67. The second kappa shape index (κ2) is 7.13. The Hall–Kier alpha value is -0.210. The van der Waals surface area contributed by atoms with E-state index in [0.717, 1.165) is 0 Å². The molecule has 0 radical (unpaired) electrons. The quantitative estimate of drug-likeness (QED) is 0.602. The Balaban J connectivity index is 4.07.